The highest BCUT2D eigenvalue weighted by Crippen LogP contribution is 2.23. The van der Waals surface area contributed by atoms with Gasteiger partial charge in [0.25, 0.3) is 0 Å². The van der Waals surface area contributed by atoms with Gasteiger partial charge >= 0.3 is 0 Å². The minimum absolute atomic E-state index is 0.143. The summed E-state index contributed by atoms with van der Waals surface area (Å²) >= 11 is 0. The van der Waals surface area contributed by atoms with Crippen molar-refractivity contribution in [1.29, 1.82) is 0 Å². The molecule has 2 heteroatoms. The molecule has 18 heavy (non-hydrogen) atoms. The second-order valence-electron chi connectivity index (χ2n) is 5.88. The molecule has 0 aromatic heterocycles. The van der Waals surface area contributed by atoms with Crippen molar-refractivity contribution in [2.24, 2.45) is 11.7 Å². The van der Waals surface area contributed by atoms with Crippen molar-refractivity contribution in [3.8, 4) is 0 Å². The first kappa shape index (κ1) is 15.2. The Kier molecular flexibility index (Phi) is 5.83. The van der Waals surface area contributed by atoms with Crippen LogP contribution in [0.5, 0.6) is 0 Å². The highest BCUT2D eigenvalue weighted by atomic mass is 15.1. The maximum absolute atomic E-state index is 6.18. The summed E-state index contributed by atoms with van der Waals surface area (Å²) < 4.78 is 0. The topological polar surface area (TPSA) is 29.3 Å². The average Bonchev–Trinajstić information content (AvgIpc) is 2.26. The fourth-order valence-electron chi connectivity index (χ4n) is 2.41. The van der Waals surface area contributed by atoms with Gasteiger partial charge in [0.05, 0.1) is 0 Å². The van der Waals surface area contributed by atoms with Gasteiger partial charge in [-0.2, -0.15) is 0 Å². The molecule has 102 valence electrons. The smallest absolute Gasteiger partial charge is 0.0493 e. The van der Waals surface area contributed by atoms with Crippen LogP contribution in [0.25, 0.3) is 0 Å². The van der Waals surface area contributed by atoms with Gasteiger partial charge in [0, 0.05) is 12.1 Å². The molecule has 0 aliphatic rings. The second-order valence-corrected chi connectivity index (χ2v) is 5.88. The van der Waals surface area contributed by atoms with Crippen LogP contribution < -0.4 is 5.73 Å². The molecule has 0 aliphatic heterocycles. The Labute approximate surface area is 112 Å². The molecule has 0 aliphatic carbocycles. The van der Waals surface area contributed by atoms with Crippen LogP contribution in [-0.2, 0) is 0 Å². The van der Waals surface area contributed by atoms with E-state index in [2.05, 4.69) is 63.9 Å². The summed E-state index contributed by atoms with van der Waals surface area (Å²) in [6.07, 6.45) is 1.21. The van der Waals surface area contributed by atoms with E-state index in [-0.39, 0.29) is 6.04 Å². The normalized spacial score (nSPS) is 15.1. The average molecular weight is 248 g/mol. The molecule has 1 aromatic rings. The lowest BCUT2D eigenvalue weighted by atomic mass is 9.97. The number of aryl methyl sites for hydroxylation is 1. The van der Waals surface area contributed by atoms with Gasteiger partial charge in [0.2, 0.25) is 0 Å². The molecule has 0 saturated carbocycles. The first-order valence-electron chi connectivity index (χ1n) is 6.94. The molecule has 0 bridgehead atoms. The van der Waals surface area contributed by atoms with Crippen molar-refractivity contribution >= 4 is 0 Å². The number of nitrogens with two attached hydrogens (primary N) is 1. The number of benzene rings is 1. The van der Waals surface area contributed by atoms with E-state index in [1.165, 1.54) is 17.5 Å². The Morgan fingerprint density at radius 2 is 1.89 bits per heavy atom. The quantitative estimate of drug-likeness (QED) is 0.836. The molecular weight excluding hydrogens is 220 g/mol. The van der Waals surface area contributed by atoms with Gasteiger partial charge in [-0.25, -0.2) is 0 Å². The summed E-state index contributed by atoms with van der Waals surface area (Å²) in [6, 6.07) is 9.14. The van der Waals surface area contributed by atoms with E-state index in [0.717, 1.165) is 12.5 Å². The third-order valence-electron chi connectivity index (χ3n) is 3.42. The number of likely N-dealkylation sites (N-methyl/N-ethyl adjacent to an activating group) is 1. The molecule has 2 nitrogen and oxygen atoms in total. The van der Waals surface area contributed by atoms with E-state index < -0.39 is 0 Å². The monoisotopic (exact) mass is 248 g/mol. The van der Waals surface area contributed by atoms with Crippen LogP contribution >= 0.6 is 0 Å². The van der Waals surface area contributed by atoms with Gasteiger partial charge in [-0.15, -0.1) is 0 Å². The molecule has 0 saturated heterocycles. The largest absolute Gasteiger partial charge is 0.326 e. The van der Waals surface area contributed by atoms with E-state index in [9.17, 15) is 0 Å². The zero-order valence-corrected chi connectivity index (χ0v) is 12.5. The van der Waals surface area contributed by atoms with E-state index >= 15 is 0 Å². The van der Waals surface area contributed by atoms with Crippen LogP contribution in [0.2, 0.25) is 0 Å². The molecule has 0 heterocycles. The van der Waals surface area contributed by atoms with Crippen LogP contribution in [0.3, 0.4) is 0 Å². The third kappa shape index (κ3) is 4.43. The van der Waals surface area contributed by atoms with Gasteiger partial charge < -0.3 is 5.73 Å². The maximum Gasteiger partial charge on any atom is 0.0493 e. The number of nitrogens with zero attached hydrogens (tertiary/aromatic N) is 1. The number of hydrogen-bond acceptors (Lipinski definition) is 2. The molecular formula is C16H28N2. The Bertz CT molecular complexity index is 358. The molecule has 0 radical (unpaired) electrons. The van der Waals surface area contributed by atoms with Gasteiger partial charge in [0.15, 0.2) is 0 Å². The molecule has 1 rings (SSSR count). The molecule has 2 N–H and O–H groups in total. The van der Waals surface area contributed by atoms with E-state index in [0.29, 0.717) is 6.04 Å². The fourth-order valence-corrected chi connectivity index (χ4v) is 2.41. The second kappa shape index (κ2) is 6.91. The van der Waals surface area contributed by atoms with E-state index in [1.807, 2.05) is 0 Å². The summed E-state index contributed by atoms with van der Waals surface area (Å²) in [5.74, 6) is 0.735. The van der Waals surface area contributed by atoms with Gasteiger partial charge in [-0.3, -0.25) is 4.90 Å². The molecule has 2 unspecified atom stereocenters. The first-order valence-corrected chi connectivity index (χ1v) is 6.94. The van der Waals surface area contributed by atoms with Crippen molar-refractivity contribution in [2.45, 2.75) is 46.2 Å². The summed E-state index contributed by atoms with van der Waals surface area (Å²) in [5, 5.41) is 0. The van der Waals surface area contributed by atoms with Gasteiger partial charge in [0.1, 0.15) is 0 Å². The Morgan fingerprint density at radius 1 is 1.22 bits per heavy atom. The first-order chi connectivity index (χ1) is 8.41. The van der Waals surface area contributed by atoms with Crippen LogP contribution in [0.15, 0.2) is 24.3 Å². The summed E-state index contributed by atoms with van der Waals surface area (Å²) in [5.41, 5.74) is 8.82. The van der Waals surface area contributed by atoms with Crippen molar-refractivity contribution in [3.63, 3.8) is 0 Å². The maximum atomic E-state index is 6.18. The molecule has 2 atom stereocenters. The molecule has 0 amide bonds. The Balaban J connectivity index is 2.82. The minimum Gasteiger partial charge on any atom is -0.326 e. The highest BCUT2D eigenvalue weighted by Gasteiger charge is 2.21. The van der Waals surface area contributed by atoms with E-state index in [1.54, 1.807) is 0 Å². The van der Waals surface area contributed by atoms with Crippen LogP contribution in [0.4, 0.5) is 0 Å². The number of rotatable bonds is 6. The zero-order valence-electron chi connectivity index (χ0n) is 12.5. The summed E-state index contributed by atoms with van der Waals surface area (Å²) in [4.78, 5) is 2.39. The van der Waals surface area contributed by atoms with Crippen LogP contribution in [-0.4, -0.2) is 24.5 Å². The van der Waals surface area contributed by atoms with E-state index in [4.69, 9.17) is 5.73 Å². The molecule has 0 spiro atoms. The van der Waals surface area contributed by atoms with Crippen molar-refractivity contribution in [2.75, 3.05) is 13.6 Å². The fraction of sp³-hybridized carbons (Fsp3) is 0.625. The van der Waals surface area contributed by atoms with Crippen molar-refractivity contribution in [1.82, 2.24) is 4.90 Å². The Morgan fingerprint density at radius 3 is 2.39 bits per heavy atom. The van der Waals surface area contributed by atoms with Gasteiger partial charge in [-0.1, -0.05) is 43.7 Å². The van der Waals surface area contributed by atoms with Crippen molar-refractivity contribution in [3.05, 3.63) is 35.4 Å². The summed E-state index contributed by atoms with van der Waals surface area (Å²) in [7, 11) is 2.18. The zero-order chi connectivity index (χ0) is 13.7. The lowest BCUT2D eigenvalue weighted by Crippen LogP contribution is -2.38. The van der Waals surface area contributed by atoms with Crippen molar-refractivity contribution < 1.29 is 0 Å². The van der Waals surface area contributed by atoms with Crippen LogP contribution in [0, 0.1) is 12.8 Å². The Hall–Kier alpha value is -0.860. The molecule has 1 aromatic carbocycles. The predicted octanol–water partition coefficient (Wildman–Crippen LogP) is 3.36. The lowest BCUT2D eigenvalue weighted by Gasteiger charge is -2.32. The highest BCUT2D eigenvalue weighted by molar-refractivity contribution is 5.26. The number of hydrogen-bond donors (Lipinski definition) is 1. The van der Waals surface area contributed by atoms with Crippen LogP contribution in [0.1, 0.15) is 44.4 Å². The summed E-state index contributed by atoms with van der Waals surface area (Å²) in [6.45, 7) is 9.86. The SMILES string of the molecule is Cc1cccc(C(C(C)N)N(C)CCC(C)C)c1. The molecule has 0 fully saturated rings. The standard InChI is InChI=1S/C16H28N2/c1-12(2)9-10-18(5)16(14(4)17)15-8-6-7-13(3)11-15/h6-8,11-12,14,16H,9-10,17H2,1-5H3. The third-order valence-corrected chi connectivity index (χ3v) is 3.42. The minimum atomic E-state index is 0.143. The van der Waals surface area contributed by atoms with Gasteiger partial charge in [-0.05, 0) is 45.3 Å². The predicted molar refractivity (Wildman–Crippen MR) is 79.7 cm³/mol. The lowest BCUT2D eigenvalue weighted by molar-refractivity contribution is 0.208.